The van der Waals surface area contributed by atoms with E-state index in [1.54, 1.807) is 0 Å². The smallest absolute Gasteiger partial charge is 0.164 e. The summed E-state index contributed by atoms with van der Waals surface area (Å²) in [6.07, 6.45) is 0. The highest BCUT2D eigenvalue weighted by Gasteiger charge is 2.46. The van der Waals surface area contributed by atoms with E-state index in [9.17, 15) is 0 Å². The average Bonchev–Trinajstić information content (AvgIpc) is 3.69. The molecule has 0 unspecified atom stereocenters. The van der Waals surface area contributed by atoms with Crippen molar-refractivity contribution >= 4 is 43.1 Å². The fourth-order valence-corrected chi connectivity index (χ4v) is 10.5. The van der Waals surface area contributed by atoms with E-state index < -0.39 is 5.41 Å². The molecular formula is C62H39N3. The molecule has 0 atom stereocenters. The summed E-state index contributed by atoms with van der Waals surface area (Å²) in [7, 11) is 0. The van der Waals surface area contributed by atoms with Gasteiger partial charge >= 0.3 is 0 Å². The lowest BCUT2D eigenvalue weighted by Gasteiger charge is -2.34. The third kappa shape index (κ3) is 5.93. The van der Waals surface area contributed by atoms with Crippen LogP contribution in [0.15, 0.2) is 237 Å². The van der Waals surface area contributed by atoms with Gasteiger partial charge < -0.3 is 0 Å². The summed E-state index contributed by atoms with van der Waals surface area (Å²) in [6.45, 7) is 0. The van der Waals surface area contributed by atoms with Gasteiger partial charge in [0.15, 0.2) is 17.5 Å². The Morgan fingerprint density at radius 3 is 1.42 bits per heavy atom. The summed E-state index contributed by atoms with van der Waals surface area (Å²) < 4.78 is 0. The second-order valence-electron chi connectivity index (χ2n) is 17.1. The molecule has 0 saturated carbocycles. The van der Waals surface area contributed by atoms with Gasteiger partial charge in [-0.05, 0) is 112 Å². The quantitative estimate of drug-likeness (QED) is 0.157. The van der Waals surface area contributed by atoms with Crippen LogP contribution in [0.5, 0.6) is 0 Å². The number of nitrogens with zero attached hydrogens (tertiary/aromatic N) is 3. The second kappa shape index (κ2) is 14.8. The molecule has 11 aromatic carbocycles. The molecule has 12 aromatic rings. The van der Waals surface area contributed by atoms with E-state index in [1.807, 2.05) is 0 Å². The monoisotopic (exact) mass is 825 g/mol. The molecular weight excluding hydrogens is 787 g/mol. The van der Waals surface area contributed by atoms with Gasteiger partial charge in [-0.1, -0.05) is 212 Å². The van der Waals surface area contributed by atoms with Crippen molar-refractivity contribution in [1.29, 1.82) is 0 Å². The average molecular weight is 826 g/mol. The minimum atomic E-state index is -0.466. The summed E-state index contributed by atoms with van der Waals surface area (Å²) in [5.74, 6) is 1.91. The molecule has 1 aromatic heterocycles. The third-order valence-corrected chi connectivity index (χ3v) is 13.5. The van der Waals surface area contributed by atoms with Gasteiger partial charge in [-0.25, -0.2) is 15.0 Å². The number of rotatable bonds is 6. The zero-order valence-electron chi connectivity index (χ0n) is 35.4. The first-order valence-corrected chi connectivity index (χ1v) is 22.3. The van der Waals surface area contributed by atoms with Crippen LogP contribution in [0, 0.1) is 0 Å². The highest BCUT2D eigenvalue weighted by atomic mass is 15.0. The fraction of sp³-hybridized carbons (Fsp3) is 0.0161. The van der Waals surface area contributed by atoms with Crippen LogP contribution in [0.3, 0.4) is 0 Å². The van der Waals surface area contributed by atoms with Crippen molar-refractivity contribution in [3.05, 3.63) is 259 Å². The molecule has 65 heavy (non-hydrogen) atoms. The van der Waals surface area contributed by atoms with E-state index in [1.165, 1.54) is 60.5 Å². The second-order valence-corrected chi connectivity index (χ2v) is 17.1. The molecule has 1 heterocycles. The highest BCUT2D eigenvalue weighted by Crippen LogP contribution is 2.58. The normalized spacial score (nSPS) is 12.7. The molecule has 13 rings (SSSR count). The van der Waals surface area contributed by atoms with Crippen molar-refractivity contribution in [2.45, 2.75) is 5.41 Å². The lowest BCUT2D eigenvalue weighted by atomic mass is 9.67. The van der Waals surface area contributed by atoms with Crippen molar-refractivity contribution < 1.29 is 0 Å². The summed E-state index contributed by atoms with van der Waals surface area (Å²) in [6, 6.07) is 85.6. The predicted octanol–water partition coefficient (Wildman–Crippen LogP) is 15.5. The topological polar surface area (TPSA) is 38.7 Å². The van der Waals surface area contributed by atoms with Crippen LogP contribution in [0.2, 0.25) is 0 Å². The lowest BCUT2D eigenvalue weighted by molar-refractivity contribution is 0.768. The predicted molar refractivity (Wildman–Crippen MR) is 269 cm³/mol. The van der Waals surface area contributed by atoms with Crippen LogP contribution in [0.25, 0.3) is 99.5 Å². The van der Waals surface area contributed by atoms with Crippen molar-refractivity contribution in [2.24, 2.45) is 0 Å². The Kier molecular flexibility index (Phi) is 8.44. The molecule has 0 N–H and O–H groups in total. The summed E-state index contributed by atoms with van der Waals surface area (Å²) in [5, 5.41) is 9.40. The molecule has 0 spiro atoms. The van der Waals surface area contributed by atoms with Crippen LogP contribution in [0.1, 0.15) is 22.3 Å². The lowest BCUT2D eigenvalue weighted by Crippen LogP contribution is -2.28. The molecule has 1 aliphatic rings. The van der Waals surface area contributed by atoms with Gasteiger partial charge in [0, 0.05) is 16.7 Å². The zero-order chi connectivity index (χ0) is 42.9. The van der Waals surface area contributed by atoms with Crippen molar-refractivity contribution in [1.82, 2.24) is 15.0 Å². The first kappa shape index (κ1) is 37.1. The van der Waals surface area contributed by atoms with Crippen molar-refractivity contribution in [3.63, 3.8) is 0 Å². The third-order valence-electron chi connectivity index (χ3n) is 13.5. The van der Waals surface area contributed by atoms with Crippen LogP contribution in [-0.4, -0.2) is 15.0 Å². The molecule has 0 amide bonds. The van der Waals surface area contributed by atoms with Gasteiger partial charge in [0.25, 0.3) is 0 Å². The first-order valence-electron chi connectivity index (χ1n) is 22.3. The van der Waals surface area contributed by atoms with Gasteiger partial charge in [-0.2, -0.15) is 0 Å². The van der Waals surface area contributed by atoms with E-state index in [-0.39, 0.29) is 0 Å². The van der Waals surface area contributed by atoms with Gasteiger partial charge in [0.05, 0.1) is 5.41 Å². The molecule has 3 heteroatoms. The van der Waals surface area contributed by atoms with Crippen LogP contribution < -0.4 is 0 Å². The highest BCUT2D eigenvalue weighted by molar-refractivity contribution is 6.08. The Hall–Kier alpha value is -8.53. The minimum absolute atomic E-state index is 0.466. The molecule has 0 aliphatic heterocycles. The van der Waals surface area contributed by atoms with Gasteiger partial charge in [0.1, 0.15) is 0 Å². The van der Waals surface area contributed by atoms with E-state index in [0.717, 1.165) is 43.8 Å². The molecule has 0 bridgehead atoms. The minimum Gasteiger partial charge on any atom is -0.208 e. The van der Waals surface area contributed by atoms with Gasteiger partial charge in [-0.3, -0.25) is 0 Å². The molecule has 1 aliphatic carbocycles. The Labute approximate surface area is 377 Å². The van der Waals surface area contributed by atoms with Crippen molar-refractivity contribution in [3.8, 4) is 56.4 Å². The Morgan fingerprint density at radius 1 is 0.262 bits per heavy atom. The maximum Gasteiger partial charge on any atom is 0.164 e. The number of hydrogen-bond acceptors (Lipinski definition) is 3. The van der Waals surface area contributed by atoms with E-state index in [2.05, 4.69) is 237 Å². The molecule has 0 fully saturated rings. The molecule has 302 valence electrons. The van der Waals surface area contributed by atoms with E-state index in [0.29, 0.717) is 17.5 Å². The fourth-order valence-electron chi connectivity index (χ4n) is 10.5. The summed E-state index contributed by atoms with van der Waals surface area (Å²) in [5.41, 5.74) is 12.4. The van der Waals surface area contributed by atoms with E-state index in [4.69, 9.17) is 15.0 Å². The van der Waals surface area contributed by atoms with Crippen LogP contribution in [0.4, 0.5) is 0 Å². The van der Waals surface area contributed by atoms with Crippen molar-refractivity contribution in [2.75, 3.05) is 0 Å². The maximum atomic E-state index is 5.24. The van der Waals surface area contributed by atoms with E-state index >= 15 is 0 Å². The van der Waals surface area contributed by atoms with Crippen LogP contribution in [-0.2, 0) is 5.41 Å². The van der Waals surface area contributed by atoms with Crippen LogP contribution >= 0.6 is 0 Å². The maximum absolute atomic E-state index is 5.24. The largest absolute Gasteiger partial charge is 0.208 e. The number of benzene rings is 11. The molecule has 0 radical (unpaired) electrons. The number of hydrogen-bond donors (Lipinski definition) is 0. The standard InChI is InChI=1S/C62H39N3/c1-3-17-50(18-4-1)62(51-19-5-2-6-20-51)56-24-12-11-22-55(56)58-54(23-13-25-57(58)62)45-30-26-41-28-33-47(39-49(41)38-45)60-63-59(46-32-27-40-14-7-8-16-43(40)36-46)64-61(65-60)48-34-35-53-44(37-48)31-29-42-15-9-10-21-52(42)53/h1-39H. The Balaban J connectivity index is 0.974. The number of aromatic nitrogens is 3. The first-order chi connectivity index (χ1) is 32.2. The van der Waals surface area contributed by atoms with Gasteiger partial charge in [0.2, 0.25) is 0 Å². The Morgan fingerprint density at radius 2 is 0.708 bits per heavy atom. The molecule has 3 nitrogen and oxygen atoms in total. The Bertz CT molecular complexity index is 3800. The number of fused-ring (bicyclic) bond motifs is 8. The summed E-state index contributed by atoms with van der Waals surface area (Å²) in [4.78, 5) is 15.6. The molecule has 0 saturated heterocycles. The van der Waals surface area contributed by atoms with Gasteiger partial charge in [-0.15, -0.1) is 0 Å². The summed E-state index contributed by atoms with van der Waals surface area (Å²) >= 11 is 0. The zero-order valence-corrected chi connectivity index (χ0v) is 35.4. The SMILES string of the molecule is c1ccc(C2(c3ccccc3)c3ccccc3-c3c(-c4ccc5ccc(-c6nc(-c7ccc8ccccc8c7)nc(-c7ccc8c(ccc9ccccc98)c7)n6)cc5c4)cccc32)cc1.